The highest BCUT2D eigenvalue weighted by atomic mass is 16.5. The topological polar surface area (TPSA) is 21.3 Å². The van der Waals surface area contributed by atoms with E-state index in [-0.39, 0.29) is 0 Å². The van der Waals surface area contributed by atoms with E-state index in [9.17, 15) is 0 Å². The summed E-state index contributed by atoms with van der Waals surface area (Å²) in [7, 11) is 2.01. The smallest absolute Gasteiger partial charge is 0.0716 e. The molecule has 0 bridgehead atoms. The van der Waals surface area contributed by atoms with Crippen molar-refractivity contribution in [2.45, 2.75) is 32.8 Å². The summed E-state index contributed by atoms with van der Waals surface area (Å²) in [6, 6.07) is 10.4. The monoisotopic (exact) mass is 235 g/mol. The van der Waals surface area contributed by atoms with Crippen LogP contribution in [-0.2, 0) is 11.3 Å². The van der Waals surface area contributed by atoms with Crippen LogP contribution in [0.15, 0.2) is 30.3 Å². The standard InChI is InChI=1S/C15H25NO/c1-14(10-11-16-2)7-6-12-17-13-15-8-4-3-5-9-15/h3-5,8-9,14,16H,6-7,10-13H2,1-2H3. The summed E-state index contributed by atoms with van der Waals surface area (Å²) in [5, 5.41) is 3.19. The third-order valence-corrected chi connectivity index (χ3v) is 2.98. The highest BCUT2D eigenvalue weighted by Crippen LogP contribution is 2.10. The van der Waals surface area contributed by atoms with Crippen LogP contribution in [-0.4, -0.2) is 20.2 Å². The van der Waals surface area contributed by atoms with Gasteiger partial charge in [0, 0.05) is 6.61 Å². The van der Waals surface area contributed by atoms with E-state index < -0.39 is 0 Å². The molecule has 17 heavy (non-hydrogen) atoms. The van der Waals surface area contributed by atoms with Gasteiger partial charge in [0.05, 0.1) is 6.61 Å². The lowest BCUT2D eigenvalue weighted by atomic mass is 10.0. The zero-order valence-corrected chi connectivity index (χ0v) is 11.1. The summed E-state index contributed by atoms with van der Waals surface area (Å²) in [5.41, 5.74) is 1.26. The third kappa shape index (κ3) is 7.14. The van der Waals surface area contributed by atoms with Crippen LogP contribution in [0.5, 0.6) is 0 Å². The zero-order valence-electron chi connectivity index (χ0n) is 11.1. The predicted octanol–water partition coefficient (Wildman–Crippen LogP) is 3.23. The van der Waals surface area contributed by atoms with Crippen LogP contribution < -0.4 is 5.32 Å². The molecule has 2 heteroatoms. The number of hydrogen-bond donors (Lipinski definition) is 1. The van der Waals surface area contributed by atoms with Gasteiger partial charge in [-0.3, -0.25) is 0 Å². The van der Waals surface area contributed by atoms with Crippen molar-refractivity contribution in [3.8, 4) is 0 Å². The molecular weight excluding hydrogens is 210 g/mol. The average molecular weight is 235 g/mol. The molecule has 0 fully saturated rings. The lowest BCUT2D eigenvalue weighted by Gasteiger charge is -2.10. The maximum Gasteiger partial charge on any atom is 0.0716 e. The maximum atomic E-state index is 5.66. The highest BCUT2D eigenvalue weighted by molar-refractivity contribution is 5.13. The van der Waals surface area contributed by atoms with Gasteiger partial charge in [0.15, 0.2) is 0 Å². The van der Waals surface area contributed by atoms with Crippen LogP contribution in [0, 0.1) is 5.92 Å². The van der Waals surface area contributed by atoms with Gasteiger partial charge in [-0.05, 0) is 44.3 Å². The van der Waals surface area contributed by atoms with E-state index in [1.165, 1.54) is 18.4 Å². The Balaban J connectivity index is 1.97. The molecule has 0 aliphatic carbocycles. The Kier molecular flexibility index (Phi) is 7.69. The van der Waals surface area contributed by atoms with Crippen molar-refractivity contribution in [1.29, 1.82) is 0 Å². The Morgan fingerprint density at radius 2 is 1.94 bits per heavy atom. The minimum absolute atomic E-state index is 0.742. The minimum Gasteiger partial charge on any atom is -0.377 e. The Bertz CT molecular complexity index is 274. The number of ether oxygens (including phenoxy) is 1. The molecule has 0 spiro atoms. The number of nitrogens with one attached hydrogen (secondary N) is 1. The molecule has 0 amide bonds. The number of hydrogen-bond acceptors (Lipinski definition) is 2. The molecule has 0 radical (unpaired) electrons. The summed E-state index contributed by atoms with van der Waals surface area (Å²) in [6.07, 6.45) is 3.68. The van der Waals surface area contributed by atoms with E-state index >= 15 is 0 Å². The lowest BCUT2D eigenvalue weighted by molar-refractivity contribution is 0.114. The largest absolute Gasteiger partial charge is 0.377 e. The first kappa shape index (κ1) is 14.2. The summed E-state index contributed by atoms with van der Waals surface area (Å²) >= 11 is 0. The fourth-order valence-corrected chi connectivity index (χ4v) is 1.83. The first-order valence-corrected chi connectivity index (χ1v) is 6.59. The van der Waals surface area contributed by atoms with E-state index in [0.717, 1.165) is 32.1 Å². The molecule has 0 aliphatic rings. The Morgan fingerprint density at radius 3 is 2.65 bits per heavy atom. The predicted molar refractivity (Wildman–Crippen MR) is 73.0 cm³/mol. The fourth-order valence-electron chi connectivity index (χ4n) is 1.83. The van der Waals surface area contributed by atoms with Gasteiger partial charge in [-0.25, -0.2) is 0 Å². The Labute approximate surface area is 105 Å². The number of benzene rings is 1. The van der Waals surface area contributed by atoms with Crippen molar-refractivity contribution in [2.24, 2.45) is 5.92 Å². The Morgan fingerprint density at radius 1 is 1.18 bits per heavy atom. The van der Waals surface area contributed by atoms with E-state index in [2.05, 4.69) is 36.5 Å². The van der Waals surface area contributed by atoms with E-state index in [1.54, 1.807) is 0 Å². The summed E-state index contributed by atoms with van der Waals surface area (Å²) in [5.74, 6) is 0.794. The lowest BCUT2D eigenvalue weighted by Crippen LogP contribution is -2.11. The molecule has 0 aliphatic heterocycles. The summed E-state index contributed by atoms with van der Waals surface area (Å²) in [4.78, 5) is 0. The SMILES string of the molecule is CNCCC(C)CCCOCc1ccccc1. The van der Waals surface area contributed by atoms with E-state index in [0.29, 0.717) is 0 Å². The van der Waals surface area contributed by atoms with Gasteiger partial charge in [-0.2, -0.15) is 0 Å². The third-order valence-electron chi connectivity index (χ3n) is 2.98. The number of rotatable bonds is 9. The molecule has 0 aromatic heterocycles. The molecule has 1 aromatic carbocycles. The summed E-state index contributed by atoms with van der Waals surface area (Å²) in [6.45, 7) is 5.05. The van der Waals surface area contributed by atoms with Crippen LogP contribution >= 0.6 is 0 Å². The molecule has 1 atom stereocenters. The van der Waals surface area contributed by atoms with Crippen molar-refractivity contribution in [1.82, 2.24) is 5.32 Å². The summed E-state index contributed by atoms with van der Waals surface area (Å²) < 4.78 is 5.66. The van der Waals surface area contributed by atoms with Gasteiger partial charge in [0.2, 0.25) is 0 Å². The van der Waals surface area contributed by atoms with Gasteiger partial charge >= 0.3 is 0 Å². The van der Waals surface area contributed by atoms with Crippen molar-refractivity contribution in [3.05, 3.63) is 35.9 Å². The molecule has 1 aromatic rings. The highest BCUT2D eigenvalue weighted by Gasteiger charge is 2.01. The fraction of sp³-hybridized carbons (Fsp3) is 0.600. The van der Waals surface area contributed by atoms with Crippen LogP contribution in [0.2, 0.25) is 0 Å². The first-order chi connectivity index (χ1) is 8.33. The van der Waals surface area contributed by atoms with Crippen LogP contribution in [0.3, 0.4) is 0 Å². The van der Waals surface area contributed by atoms with Crippen LogP contribution in [0.1, 0.15) is 31.7 Å². The molecule has 1 unspecified atom stereocenters. The second-order valence-electron chi connectivity index (χ2n) is 4.68. The average Bonchev–Trinajstić information content (AvgIpc) is 2.37. The molecule has 0 saturated heterocycles. The van der Waals surface area contributed by atoms with Gasteiger partial charge in [0.25, 0.3) is 0 Å². The molecule has 2 nitrogen and oxygen atoms in total. The molecule has 1 rings (SSSR count). The van der Waals surface area contributed by atoms with Crippen molar-refractivity contribution in [2.75, 3.05) is 20.2 Å². The van der Waals surface area contributed by atoms with Crippen molar-refractivity contribution in [3.63, 3.8) is 0 Å². The van der Waals surface area contributed by atoms with Gasteiger partial charge < -0.3 is 10.1 Å². The van der Waals surface area contributed by atoms with Crippen molar-refractivity contribution >= 4 is 0 Å². The molecule has 96 valence electrons. The van der Waals surface area contributed by atoms with Gasteiger partial charge in [-0.15, -0.1) is 0 Å². The van der Waals surface area contributed by atoms with Gasteiger partial charge in [-0.1, -0.05) is 37.3 Å². The zero-order chi connectivity index (χ0) is 12.3. The second-order valence-corrected chi connectivity index (χ2v) is 4.68. The molecule has 0 heterocycles. The molecule has 1 N–H and O–H groups in total. The first-order valence-electron chi connectivity index (χ1n) is 6.59. The van der Waals surface area contributed by atoms with Crippen LogP contribution in [0.4, 0.5) is 0 Å². The minimum atomic E-state index is 0.742. The van der Waals surface area contributed by atoms with Gasteiger partial charge in [0.1, 0.15) is 0 Å². The van der Waals surface area contributed by atoms with E-state index in [4.69, 9.17) is 4.74 Å². The molecular formula is C15H25NO. The maximum absolute atomic E-state index is 5.66. The van der Waals surface area contributed by atoms with Crippen molar-refractivity contribution < 1.29 is 4.74 Å². The second kappa shape index (κ2) is 9.20. The van der Waals surface area contributed by atoms with Crippen LogP contribution in [0.25, 0.3) is 0 Å². The quantitative estimate of drug-likeness (QED) is 0.664. The normalized spacial score (nSPS) is 12.6. The Hall–Kier alpha value is -0.860. The van der Waals surface area contributed by atoms with E-state index in [1.807, 2.05) is 13.1 Å². The molecule has 0 saturated carbocycles.